The fourth-order valence-electron chi connectivity index (χ4n) is 9.30. The van der Waals surface area contributed by atoms with E-state index in [9.17, 15) is 9.59 Å². The zero-order chi connectivity index (χ0) is 24.1. The summed E-state index contributed by atoms with van der Waals surface area (Å²) in [6.07, 6.45) is 11.8. The Morgan fingerprint density at radius 2 is 1.70 bits per heavy atom. The lowest BCUT2D eigenvalue weighted by atomic mass is 9.44. The van der Waals surface area contributed by atoms with Gasteiger partial charge in [-0.25, -0.2) is 0 Å². The summed E-state index contributed by atoms with van der Waals surface area (Å²) < 4.78 is 5.57. The Kier molecular flexibility index (Phi) is 7.46. The van der Waals surface area contributed by atoms with Gasteiger partial charge in [0.1, 0.15) is 6.10 Å². The normalized spacial score (nSPS) is 45.8. The molecule has 0 bridgehead atoms. The number of ketones is 1. The second-order valence-corrected chi connectivity index (χ2v) is 14.2. The third-order valence-electron chi connectivity index (χ3n) is 11.0. The molecule has 33 heavy (non-hydrogen) atoms. The molecule has 4 heteroatoms. The number of carbonyl (C=O) groups excluding carboxylic acids is 2. The third-order valence-corrected chi connectivity index (χ3v) is 12.0. The molecule has 4 aliphatic rings. The van der Waals surface area contributed by atoms with Gasteiger partial charge in [0, 0.05) is 12.8 Å². The van der Waals surface area contributed by atoms with Crippen LogP contribution < -0.4 is 0 Å². The van der Waals surface area contributed by atoms with E-state index in [2.05, 4.69) is 50.5 Å². The largest absolute Gasteiger partial charge is 0.463 e. The number of carbonyl (C=O) groups is 2. The van der Waals surface area contributed by atoms with Crippen molar-refractivity contribution < 1.29 is 14.3 Å². The van der Waals surface area contributed by atoms with Crippen molar-refractivity contribution in [3.8, 4) is 0 Å². The van der Waals surface area contributed by atoms with Crippen molar-refractivity contribution in [3.05, 3.63) is 0 Å². The van der Waals surface area contributed by atoms with Crippen LogP contribution in [-0.4, -0.2) is 22.7 Å². The van der Waals surface area contributed by atoms with Crippen LogP contribution in [0.15, 0.2) is 0 Å². The number of hydrogen-bond donors (Lipinski definition) is 0. The second kappa shape index (κ2) is 9.58. The zero-order valence-electron chi connectivity index (χ0n) is 21.9. The first kappa shape index (κ1) is 25.7. The van der Waals surface area contributed by atoms with Gasteiger partial charge < -0.3 is 4.74 Å². The molecule has 0 N–H and O–H groups in total. The smallest absolute Gasteiger partial charge is 0.302 e. The number of halogens is 1. The minimum atomic E-state index is -0.215. The SMILES string of the molecule is CC(=O)O[C@H]1CC[C@@]2(C)[C@H](C1)C(=O)[C@@H](Br)[C@@H]1[C@@H]2CC[C@]2(C)[C@@H]([C@H](C)CCCC(C)C)CC[C@@H]12. The summed E-state index contributed by atoms with van der Waals surface area (Å²) in [5, 5.41) is 0. The number of alkyl halides is 1. The molecule has 0 spiro atoms. The van der Waals surface area contributed by atoms with E-state index in [0.717, 1.165) is 37.0 Å². The molecule has 4 aliphatic carbocycles. The third kappa shape index (κ3) is 4.49. The van der Waals surface area contributed by atoms with Gasteiger partial charge in [-0.3, -0.25) is 9.59 Å². The molecule has 3 nitrogen and oxygen atoms in total. The number of esters is 1. The summed E-state index contributed by atoms with van der Waals surface area (Å²) in [6, 6.07) is 0. The van der Waals surface area contributed by atoms with Crippen LogP contribution in [0.5, 0.6) is 0 Å². The van der Waals surface area contributed by atoms with E-state index in [-0.39, 0.29) is 28.2 Å². The maximum atomic E-state index is 13.8. The van der Waals surface area contributed by atoms with Crippen molar-refractivity contribution >= 4 is 27.7 Å². The van der Waals surface area contributed by atoms with Crippen LogP contribution in [0, 0.1) is 52.3 Å². The lowest BCUT2D eigenvalue weighted by molar-refractivity contribution is -0.168. The predicted octanol–water partition coefficient (Wildman–Crippen LogP) is 7.59. The van der Waals surface area contributed by atoms with Crippen LogP contribution in [0.4, 0.5) is 0 Å². The maximum absolute atomic E-state index is 13.8. The highest BCUT2D eigenvalue weighted by atomic mass is 79.9. The van der Waals surface area contributed by atoms with E-state index in [1.807, 2.05) is 0 Å². The van der Waals surface area contributed by atoms with Gasteiger partial charge >= 0.3 is 5.97 Å². The Morgan fingerprint density at radius 3 is 2.36 bits per heavy atom. The average Bonchev–Trinajstić information content (AvgIpc) is 3.09. The van der Waals surface area contributed by atoms with Gasteiger partial charge in [-0.05, 0) is 91.3 Å². The Balaban J connectivity index is 1.53. The van der Waals surface area contributed by atoms with Crippen molar-refractivity contribution in [2.75, 3.05) is 0 Å². The predicted molar refractivity (Wildman–Crippen MR) is 137 cm³/mol. The molecular formula is C29H47BrO3. The van der Waals surface area contributed by atoms with Gasteiger partial charge in [0.2, 0.25) is 0 Å². The molecule has 4 rings (SSSR count). The van der Waals surface area contributed by atoms with Gasteiger partial charge in [-0.15, -0.1) is 0 Å². The van der Waals surface area contributed by atoms with Crippen molar-refractivity contribution in [2.45, 2.75) is 117 Å². The molecule has 0 aliphatic heterocycles. The molecule has 0 aromatic heterocycles. The highest BCUT2D eigenvalue weighted by Crippen LogP contribution is 2.68. The number of ether oxygens (including phenoxy) is 1. The van der Waals surface area contributed by atoms with Crippen LogP contribution in [0.25, 0.3) is 0 Å². The Labute approximate surface area is 210 Å². The van der Waals surface area contributed by atoms with Gasteiger partial charge in [-0.2, -0.15) is 0 Å². The Hall–Kier alpha value is -0.380. The Bertz CT molecular complexity index is 749. The molecule has 4 saturated carbocycles. The molecule has 4 fully saturated rings. The molecule has 0 aromatic carbocycles. The minimum Gasteiger partial charge on any atom is -0.463 e. The minimum absolute atomic E-state index is 0.0257. The molecule has 0 heterocycles. The molecular weight excluding hydrogens is 476 g/mol. The monoisotopic (exact) mass is 522 g/mol. The molecule has 188 valence electrons. The van der Waals surface area contributed by atoms with Crippen LogP contribution in [-0.2, 0) is 14.3 Å². The molecule has 0 radical (unpaired) electrons. The summed E-state index contributed by atoms with van der Waals surface area (Å²) in [6.45, 7) is 13.7. The second-order valence-electron chi connectivity index (χ2n) is 13.2. The molecule has 0 amide bonds. The summed E-state index contributed by atoms with van der Waals surface area (Å²) in [5.74, 6) is 4.32. The fraction of sp³-hybridized carbons (Fsp3) is 0.931. The van der Waals surface area contributed by atoms with Crippen molar-refractivity contribution in [1.29, 1.82) is 0 Å². The van der Waals surface area contributed by atoms with Crippen molar-refractivity contribution in [1.82, 2.24) is 0 Å². The van der Waals surface area contributed by atoms with E-state index in [0.29, 0.717) is 29.0 Å². The zero-order valence-corrected chi connectivity index (χ0v) is 23.5. The van der Waals surface area contributed by atoms with E-state index in [1.165, 1.54) is 51.9 Å². The van der Waals surface area contributed by atoms with Crippen molar-refractivity contribution in [3.63, 3.8) is 0 Å². The van der Waals surface area contributed by atoms with Gasteiger partial charge in [0.15, 0.2) is 5.78 Å². The average molecular weight is 524 g/mol. The number of hydrogen-bond acceptors (Lipinski definition) is 3. The number of fused-ring (bicyclic) bond motifs is 5. The van der Waals surface area contributed by atoms with Crippen LogP contribution >= 0.6 is 15.9 Å². The van der Waals surface area contributed by atoms with Gasteiger partial charge in [-0.1, -0.05) is 69.8 Å². The standard InChI is InChI=1S/C29H47BrO3/c1-17(2)8-7-9-18(3)21-10-11-22-25-23(13-15-28(21,22)5)29(6)14-12-20(33-19(4)31)16-24(29)27(32)26(25)30/h17-18,20-26H,7-16H2,1-6H3/t18-,20+,21-,22+,23+,24-,25+,26+,28-,29-/m1/s1. The summed E-state index contributed by atoms with van der Waals surface area (Å²) in [7, 11) is 0. The highest BCUT2D eigenvalue weighted by molar-refractivity contribution is 9.10. The van der Waals surface area contributed by atoms with Gasteiger partial charge in [0.25, 0.3) is 0 Å². The maximum Gasteiger partial charge on any atom is 0.302 e. The summed E-state index contributed by atoms with van der Waals surface area (Å²) >= 11 is 3.97. The molecule has 0 aromatic rings. The summed E-state index contributed by atoms with van der Waals surface area (Å²) in [5.41, 5.74) is 0.438. The molecule has 10 atom stereocenters. The first-order chi connectivity index (χ1) is 15.5. The first-order valence-electron chi connectivity index (χ1n) is 13.8. The van der Waals surface area contributed by atoms with E-state index < -0.39 is 0 Å². The van der Waals surface area contributed by atoms with Crippen molar-refractivity contribution in [2.24, 2.45) is 52.3 Å². The fourth-order valence-corrected chi connectivity index (χ4v) is 10.4. The highest BCUT2D eigenvalue weighted by Gasteiger charge is 2.65. The molecule has 0 unspecified atom stereocenters. The molecule has 0 saturated heterocycles. The topological polar surface area (TPSA) is 43.4 Å². The Morgan fingerprint density at radius 1 is 1.03 bits per heavy atom. The lowest BCUT2D eigenvalue weighted by Gasteiger charge is -2.61. The van der Waals surface area contributed by atoms with E-state index in [1.54, 1.807) is 0 Å². The lowest BCUT2D eigenvalue weighted by Crippen LogP contribution is -2.61. The van der Waals surface area contributed by atoms with Crippen LogP contribution in [0.2, 0.25) is 0 Å². The summed E-state index contributed by atoms with van der Waals surface area (Å²) in [4.78, 5) is 25.3. The first-order valence-corrected chi connectivity index (χ1v) is 14.8. The van der Waals surface area contributed by atoms with Crippen LogP contribution in [0.1, 0.15) is 106 Å². The van der Waals surface area contributed by atoms with Gasteiger partial charge in [0.05, 0.1) is 4.83 Å². The number of rotatable bonds is 6. The van der Waals surface area contributed by atoms with E-state index >= 15 is 0 Å². The number of Topliss-reactive ketones (excluding diaryl/α,β-unsaturated/α-hetero) is 1. The quantitative estimate of drug-likeness (QED) is 0.266. The van der Waals surface area contributed by atoms with Crippen LogP contribution in [0.3, 0.4) is 0 Å². The van der Waals surface area contributed by atoms with E-state index in [4.69, 9.17) is 4.74 Å².